The van der Waals surface area contributed by atoms with Crippen LogP contribution in [0.15, 0.2) is 23.3 Å². The molecule has 0 N–H and O–H groups in total. The van der Waals surface area contributed by atoms with Crippen molar-refractivity contribution in [3.05, 3.63) is 23.3 Å². The van der Waals surface area contributed by atoms with Crippen molar-refractivity contribution in [3.8, 4) is 0 Å². The van der Waals surface area contributed by atoms with E-state index >= 15 is 0 Å². The van der Waals surface area contributed by atoms with Gasteiger partial charge in [0, 0.05) is 13.3 Å². The molecule has 0 unspecified atom stereocenters. The molecule has 0 saturated heterocycles. The Bertz CT molecular complexity index is 630. The van der Waals surface area contributed by atoms with Crippen LogP contribution in [0.5, 0.6) is 0 Å². The van der Waals surface area contributed by atoms with Crippen molar-refractivity contribution in [3.63, 3.8) is 0 Å². The van der Waals surface area contributed by atoms with Crippen molar-refractivity contribution in [2.45, 2.75) is 85.2 Å². The summed E-state index contributed by atoms with van der Waals surface area (Å²) >= 11 is 0. The molecule has 138 valence electrons. The quantitative estimate of drug-likeness (QED) is 0.443. The minimum absolute atomic E-state index is 0.114. The Labute approximate surface area is 153 Å². The summed E-state index contributed by atoms with van der Waals surface area (Å²) in [6.45, 7) is 8.86. The number of carbonyl (C=O) groups excluding carboxylic acids is 1. The molecule has 2 heteroatoms. The van der Waals surface area contributed by atoms with Gasteiger partial charge >= 0.3 is 5.97 Å². The molecule has 0 heterocycles. The highest BCUT2D eigenvalue weighted by molar-refractivity contribution is 5.66. The van der Waals surface area contributed by atoms with Gasteiger partial charge in [-0.15, -0.1) is 0 Å². The van der Waals surface area contributed by atoms with Gasteiger partial charge in [-0.05, 0) is 80.5 Å². The van der Waals surface area contributed by atoms with Gasteiger partial charge < -0.3 is 4.74 Å². The van der Waals surface area contributed by atoms with Crippen LogP contribution < -0.4 is 0 Å². The van der Waals surface area contributed by atoms with Crippen LogP contribution in [0, 0.1) is 28.6 Å². The topological polar surface area (TPSA) is 26.3 Å². The first-order chi connectivity index (χ1) is 11.9. The van der Waals surface area contributed by atoms with Crippen LogP contribution in [-0.2, 0) is 9.53 Å². The van der Waals surface area contributed by atoms with E-state index in [4.69, 9.17) is 4.74 Å². The van der Waals surface area contributed by atoms with Crippen molar-refractivity contribution >= 4 is 5.97 Å². The molecule has 0 aromatic heterocycles. The van der Waals surface area contributed by atoms with Crippen LogP contribution in [0.25, 0.3) is 0 Å². The molecule has 0 amide bonds. The summed E-state index contributed by atoms with van der Waals surface area (Å²) in [5.74, 6) is 2.44. The fourth-order valence-electron chi connectivity index (χ4n) is 7.28. The second kappa shape index (κ2) is 5.99. The SMILES string of the molecule is C/C=C1/CC[C@@H]2[C@H]3CC=C4C[C@H](OC(C)=O)CC[C@]4(C)[C@@H]3CC[C@]12C. The summed E-state index contributed by atoms with van der Waals surface area (Å²) < 4.78 is 5.55. The van der Waals surface area contributed by atoms with Crippen LogP contribution >= 0.6 is 0 Å². The van der Waals surface area contributed by atoms with Crippen LogP contribution in [0.2, 0.25) is 0 Å². The molecule has 0 aromatic rings. The van der Waals surface area contributed by atoms with Gasteiger partial charge in [0.1, 0.15) is 6.10 Å². The fraction of sp³-hybridized carbons (Fsp3) is 0.783. The predicted octanol–water partition coefficient (Wildman–Crippen LogP) is 5.83. The third kappa shape index (κ3) is 2.54. The zero-order valence-corrected chi connectivity index (χ0v) is 16.4. The van der Waals surface area contributed by atoms with Gasteiger partial charge in [0.2, 0.25) is 0 Å². The van der Waals surface area contributed by atoms with Gasteiger partial charge in [-0.25, -0.2) is 0 Å². The number of ether oxygens (including phenoxy) is 1. The molecule has 4 aliphatic carbocycles. The maximum absolute atomic E-state index is 11.4. The molecule has 0 bridgehead atoms. The molecule has 4 rings (SSSR count). The molecule has 0 aliphatic heterocycles. The van der Waals surface area contributed by atoms with E-state index in [0.29, 0.717) is 10.8 Å². The largest absolute Gasteiger partial charge is 0.462 e. The van der Waals surface area contributed by atoms with Gasteiger partial charge in [-0.3, -0.25) is 4.79 Å². The van der Waals surface area contributed by atoms with Crippen molar-refractivity contribution in [1.29, 1.82) is 0 Å². The first kappa shape index (κ1) is 17.4. The van der Waals surface area contributed by atoms with Crippen LogP contribution in [0.3, 0.4) is 0 Å². The zero-order valence-electron chi connectivity index (χ0n) is 16.4. The lowest BCUT2D eigenvalue weighted by Gasteiger charge is -2.57. The summed E-state index contributed by atoms with van der Waals surface area (Å²) in [6.07, 6.45) is 15.0. The molecule has 0 spiro atoms. The fourth-order valence-corrected chi connectivity index (χ4v) is 7.28. The minimum atomic E-state index is -0.124. The van der Waals surface area contributed by atoms with Gasteiger partial charge in [0.25, 0.3) is 0 Å². The van der Waals surface area contributed by atoms with E-state index in [1.807, 2.05) is 0 Å². The molecule has 0 radical (unpaired) electrons. The number of rotatable bonds is 1. The molecular formula is C23H34O2. The summed E-state index contributed by atoms with van der Waals surface area (Å²) in [6, 6.07) is 0. The highest BCUT2D eigenvalue weighted by Gasteiger charge is 2.57. The number of allylic oxidation sites excluding steroid dienone is 3. The van der Waals surface area contributed by atoms with Gasteiger partial charge in [0.15, 0.2) is 0 Å². The average molecular weight is 343 g/mol. The highest BCUT2D eigenvalue weighted by Crippen LogP contribution is 2.66. The van der Waals surface area contributed by atoms with Crippen molar-refractivity contribution in [1.82, 2.24) is 0 Å². The van der Waals surface area contributed by atoms with Gasteiger partial charge in [-0.1, -0.05) is 37.1 Å². The van der Waals surface area contributed by atoms with Crippen LogP contribution in [0.4, 0.5) is 0 Å². The molecule has 4 aliphatic rings. The molecule has 0 aromatic carbocycles. The predicted molar refractivity (Wildman–Crippen MR) is 101 cm³/mol. The Morgan fingerprint density at radius 2 is 1.88 bits per heavy atom. The number of fused-ring (bicyclic) bond motifs is 5. The van der Waals surface area contributed by atoms with Crippen molar-refractivity contribution in [2.24, 2.45) is 28.6 Å². The van der Waals surface area contributed by atoms with Crippen molar-refractivity contribution in [2.75, 3.05) is 0 Å². The summed E-state index contributed by atoms with van der Waals surface area (Å²) in [4.78, 5) is 11.4. The Hall–Kier alpha value is -1.05. The Morgan fingerprint density at radius 1 is 1.16 bits per heavy atom. The maximum Gasteiger partial charge on any atom is 0.302 e. The van der Waals surface area contributed by atoms with Crippen LogP contribution in [-0.4, -0.2) is 12.1 Å². The second-order valence-corrected chi connectivity index (χ2v) is 9.54. The lowest BCUT2D eigenvalue weighted by Crippen LogP contribution is -2.49. The summed E-state index contributed by atoms with van der Waals surface area (Å²) in [5, 5.41) is 0. The monoisotopic (exact) mass is 342 g/mol. The molecule has 3 fully saturated rings. The lowest BCUT2D eigenvalue weighted by atomic mass is 9.48. The molecule has 3 saturated carbocycles. The number of hydrogen-bond donors (Lipinski definition) is 0. The Morgan fingerprint density at radius 3 is 2.60 bits per heavy atom. The van der Waals surface area contributed by atoms with Crippen LogP contribution in [0.1, 0.15) is 79.1 Å². The second-order valence-electron chi connectivity index (χ2n) is 9.54. The van der Waals surface area contributed by atoms with E-state index in [9.17, 15) is 4.79 Å². The van der Waals surface area contributed by atoms with E-state index < -0.39 is 0 Å². The van der Waals surface area contributed by atoms with E-state index in [0.717, 1.165) is 30.6 Å². The standard InChI is InChI=1S/C23H34O2/c1-5-16-7-9-20-19-8-6-17-14-18(25-15(2)24)10-12-23(17,4)21(19)11-13-22(16,20)3/h5-6,18-21H,7-14H2,1-4H3/b16-5-/t18-,19-,20-,21-,22-,23+/m1/s1. The van der Waals surface area contributed by atoms with E-state index in [1.54, 1.807) is 18.1 Å². The number of hydrogen-bond acceptors (Lipinski definition) is 2. The molecule has 25 heavy (non-hydrogen) atoms. The molecular weight excluding hydrogens is 308 g/mol. The first-order valence-electron chi connectivity index (χ1n) is 10.4. The van der Waals surface area contributed by atoms with Gasteiger partial charge in [-0.2, -0.15) is 0 Å². The molecule has 2 nitrogen and oxygen atoms in total. The van der Waals surface area contributed by atoms with E-state index in [1.165, 1.54) is 38.5 Å². The smallest absolute Gasteiger partial charge is 0.302 e. The summed E-state index contributed by atoms with van der Waals surface area (Å²) in [5.41, 5.74) is 4.14. The molecule has 6 atom stereocenters. The maximum atomic E-state index is 11.4. The van der Waals surface area contributed by atoms with E-state index in [2.05, 4.69) is 32.9 Å². The third-order valence-electron chi connectivity index (χ3n) is 8.59. The summed E-state index contributed by atoms with van der Waals surface area (Å²) in [7, 11) is 0. The first-order valence-corrected chi connectivity index (χ1v) is 10.4. The number of esters is 1. The Balaban J connectivity index is 1.60. The zero-order chi connectivity index (χ0) is 17.8. The minimum Gasteiger partial charge on any atom is -0.462 e. The van der Waals surface area contributed by atoms with Gasteiger partial charge in [0.05, 0.1) is 0 Å². The highest BCUT2D eigenvalue weighted by atomic mass is 16.5. The Kier molecular flexibility index (Phi) is 4.16. The normalized spacial score (nSPS) is 47.5. The lowest BCUT2D eigenvalue weighted by molar-refractivity contribution is -0.148. The number of carbonyl (C=O) groups is 1. The van der Waals surface area contributed by atoms with E-state index in [-0.39, 0.29) is 12.1 Å². The van der Waals surface area contributed by atoms with Crippen molar-refractivity contribution < 1.29 is 9.53 Å². The average Bonchev–Trinajstić information content (AvgIpc) is 2.91. The third-order valence-corrected chi connectivity index (χ3v) is 8.59.